The van der Waals surface area contributed by atoms with Gasteiger partial charge < -0.3 is 25.0 Å². The molecule has 0 radical (unpaired) electrons. The lowest BCUT2D eigenvalue weighted by Gasteiger charge is -2.45. The van der Waals surface area contributed by atoms with Crippen molar-refractivity contribution in [1.82, 2.24) is 9.88 Å². The minimum atomic E-state index is -1.19. The van der Waals surface area contributed by atoms with Crippen LogP contribution < -0.4 is 9.64 Å². The average molecular weight is 532 g/mol. The van der Waals surface area contributed by atoms with Crippen LogP contribution in [0.4, 0.5) is 5.69 Å². The number of nitrogens with zero attached hydrogens (tertiary/aromatic N) is 3. The molecular formula is C27H31Cl2N3O4. The maximum absolute atomic E-state index is 11.3. The van der Waals surface area contributed by atoms with Crippen LogP contribution in [0.2, 0.25) is 10.0 Å². The van der Waals surface area contributed by atoms with E-state index in [9.17, 15) is 10.2 Å². The Bertz CT molecular complexity index is 1160. The number of anilines is 1. The first-order valence-electron chi connectivity index (χ1n) is 11.9. The molecule has 0 saturated carbocycles. The zero-order chi connectivity index (χ0) is 25.7. The maximum Gasteiger partial charge on any atom is 0.121 e. The summed E-state index contributed by atoms with van der Waals surface area (Å²) in [7, 11) is 0. The van der Waals surface area contributed by atoms with E-state index in [2.05, 4.69) is 14.8 Å². The smallest absolute Gasteiger partial charge is 0.121 e. The van der Waals surface area contributed by atoms with Crippen LogP contribution in [0.25, 0.3) is 0 Å². The van der Waals surface area contributed by atoms with Crippen LogP contribution in [-0.2, 0) is 12.2 Å². The van der Waals surface area contributed by atoms with E-state index in [0.717, 1.165) is 11.3 Å². The number of β-amino-alcohol motifs (C(OH)–C–C–N with tert-alkyl or cyclic N) is 1. The van der Waals surface area contributed by atoms with Crippen LogP contribution >= 0.6 is 23.2 Å². The van der Waals surface area contributed by atoms with Crippen LogP contribution in [0.5, 0.6) is 5.75 Å². The number of aromatic nitrogens is 1. The van der Waals surface area contributed by atoms with Gasteiger partial charge in [-0.25, -0.2) is 0 Å². The maximum atomic E-state index is 11.3. The number of halogens is 2. The van der Waals surface area contributed by atoms with E-state index in [1.807, 2.05) is 36.4 Å². The van der Waals surface area contributed by atoms with Crippen molar-refractivity contribution in [3.05, 3.63) is 87.7 Å². The number of ether oxygens (including phenoxy) is 1. The van der Waals surface area contributed by atoms with E-state index in [1.165, 1.54) is 0 Å². The highest BCUT2D eigenvalue weighted by atomic mass is 35.5. The molecule has 1 aliphatic heterocycles. The Morgan fingerprint density at radius 2 is 1.83 bits per heavy atom. The zero-order valence-corrected chi connectivity index (χ0v) is 21.7. The predicted molar refractivity (Wildman–Crippen MR) is 142 cm³/mol. The highest BCUT2D eigenvalue weighted by Gasteiger charge is 2.34. The quantitative estimate of drug-likeness (QED) is 0.384. The standard InChI is InChI=1S/C27H31Cl2N3O4/c1-27(35,26-4-2-3-21(17-34)30-26)18-31-11-12-32(25(16-31)19-5-7-20(28)8-6-19)24-10-9-22(15-23(24)29)36-14-13-33/h2-10,15,25,33-35H,11-14,16-18H2,1H3/t25-,27+/m0/s1. The van der Waals surface area contributed by atoms with Crippen LogP contribution in [0.15, 0.2) is 60.7 Å². The summed E-state index contributed by atoms with van der Waals surface area (Å²) in [5.74, 6) is 0.605. The Morgan fingerprint density at radius 3 is 2.53 bits per heavy atom. The van der Waals surface area contributed by atoms with Gasteiger partial charge in [-0.05, 0) is 48.9 Å². The Morgan fingerprint density at radius 1 is 1.06 bits per heavy atom. The van der Waals surface area contributed by atoms with Crippen molar-refractivity contribution in [3.63, 3.8) is 0 Å². The molecule has 2 aromatic carbocycles. The first-order chi connectivity index (χ1) is 17.3. The summed E-state index contributed by atoms with van der Waals surface area (Å²) in [4.78, 5) is 8.90. The molecule has 2 heterocycles. The third-order valence-electron chi connectivity index (χ3n) is 6.36. The van der Waals surface area contributed by atoms with Gasteiger partial charge in [0.05, 0.1) is 41.4 Å². The second kappa shape index (κ2) is 11.8. The Labute approximate surface area is 221 Å². The number of aliphatic hydroxyl groups is 3. The van der Waals surface area contributed by atoms with Crippen molar-refractivity contribution < 1.29 is 20.1 Å². The third-order valence-corrected chi connectivity index (χ3v) is 6.91. The normalized spacial score (nSPS) is 18.2. The van der Waals surface area contributed by atoms with E-state index in [-0.39, 0.29) is 25.9 Å². The van der Waals surface area contributed by atoms with Gasteiger partial charge in [0.25, 0.3) is 0 Å². The Hall–Kier alpha value is -2.39. The zero-order valence-electron chi connectivity index (χ0n) is 20.1. The molecule has 4 rings (SSSR count). The predicted octanol–water partition coefficient (Wildman–Crippen LogP) is 4.02. The minimum Gasteiger partial charge on any atom is -0.491 e. The molecule has 0 unspecified atom stereocenters. The fourth-order valence-corrected chi connectivity index (χ4v) is 5.00. The molecule has 3 aromatic rings. The van der Waals surface area contributed by atoms with Crippen LogP contribution in [0, 0.1) is 0 Å². The van der Waals surface area contributed by atoms with E-state index in [1.54, 1.807) is 31.2 Å². The minimum absolute atomic E-state index is 0.0368. The summed E-state index contributed by atoms with van der Waals surface area (Å²) in [6.07, 6.45) is 0. The fourth-order valence-electron chi connectivity index (χ4n) is 4.60. The largest absolute Gasteiger partial charge is 0.491 e. The van der Waals surface area contributed by atoms with E-state index in [0.29, 0.717) is 53.4 Å². The van der Waals surface area contributed by atoms with Gasteiger partial charge in [0, 0.05) is 37.3 Å². The van der Waals surface area contributed by atoms with Crippen molar-refractivity contribution in [2.75, 3.05) is 44.3 Å². The van der Waals surface area contributed by atoms with Gasteiger partial charge in [0.1, 0.15) is 18.0 Å². The Balaban J connectivity index is 1.59. The molecule has 7 nitrogen and oxygen atoms in total. The summed E-state index contributed by atoms with van der Waals surface area (Å²) in [6, 6.07) is 18.6. The molecule has 1 aliphatic rings. The molecule has 1 saturated heterocycles. The Kier molecular flexibility index (Phi) is 8.72. The highest BCUT2D eigenvalue weighted by molar-refractivity contribution is 6.33. The number of rotatable bonds is 9. The number of hydrogen-bond acceptors (Lipinski definition) is 7. The van der Waals surface area contributed by atoms with Crippen molar-refractivity contribution >= 4 is 28.9 Å². The third kappa shape index (κ3) is 6.29. The van der Waals surface area contributed by atoms with Gasteiger partial charge >= 0.3 is 0 Å². The summed E-state index contributed by atoms with van der Waals surface area (Å²) in [5.41, 5.74) is 1.83. The first-order valence-corrected chi connectivity index (χ1v) is 12.6. The molecule has 1 fully saturated rings. The number of pyridine rings is 1. The number of benzene rings is 2. The average Bonchev–Trinajstić information content (AvgIpc) is 2.88. The number of aliphatic hydroxyl groups excluding tert-OH is 2. The summed E-state index contributed by atoms with van der Waals surface area (Å²) in [6.45, 7) is 4.14. The summed E-state index contributed by atoms with van der Waals surface area (Å²) in [5, 5.41) is 31.0. The van der Waals surface area contributed by atoms with Crippen LogP contribution in [0.1, 0.15) is 29.9 Å². The second-order valence-electron chi connectivity index (χ2n) is 9.13. The van der Waals surface area contributed by atoms with E-state index < -0.39 is 5.60 Å². The SMILES string of the molecule is C[C@@](O)(CN1CCN(c2ccc(OCCO)cc2Cl)[C@H](c2ccc(Cl)cc2)C1)c1cccc(CO)n1. The number of hydrogen-bond donors (Lipinski definition) is 3. The molecule has 192 valence electrons. The van der Waals surface area contributed by atoms with Gasteiger partial charge in [-0.15, -0.1) is 0 Å². The molecule has 3 N–H and O–H groups in total. The van der Waals surface area contributed by atoms with Gasteiger partial charge in [0.15, 0.2) is 0 Å². The first kappa shape index (κ1) is 26.7. The van der Waals surface area contributed by atoms with Crippen LogP contribution in [0.3, 0.4) is 0 Å². The van der Waals surface area contributed by atoms with E-state index in [4.69, 9.17) is 33.0 Å². The summed E-state index contributed by atoms with van der Waals surface area (Å²) < 4.78 is 5.51. The molecule has 2 atom stereocenters. The fraction of sp³-hybridized carbons (Fsp3) is 0.370. The molecule has 1 aromatic heterocycles. The van der Waals surface area contributed by atoms with Gasteiger partial charge in [0.2, 0.25) is 0 Å². The van der Waals surface area contributed by atoms with Gasteiger partial charge in [-0.3, -0.25) is 9.88 Å². The lowest BCUT2D eigenvalue weighted by atomic mass is 9.97. The van der Waals surface area contributed by atoms with Crippen molar-refractivity contribution in [2.45, 2.75) is 25.2 Å². The molecule has 0 amide bonds. The van der Waals surface area contributed by atoms with Crippen LogP contribution in [-0.4, -0.2) is 64.6 Å². The molecule has 0 aliphatic carbocycles. The monoisotopic (exact) mass is 531 g/mol. The van der Waals surface area contributed by atoms with Crippen molar-refractivity contribution in [1.29, 1.82) is 0 Å². The molecule has 0 spiro atoms. The van der Waals surface area contributed by atoms with E-state index >= 15 is 0 Å². The molecule has 36 heavy (non-hydrogen) atoms. The molecule has 9 heteroatoms. The van der Waals surface area contributed by atoms with Crippen molar-refractivity contribution in [2.24, 2.45) is 0 Å². The lowest BCUT2D eigenvalue weighted by molar-refractivity contribution is 0.00648. The molecule has 0 bridgehead atoms. The topological polar surface area (TPSA) is 89.3 Å². The lowest BCUT2D eigenvalue weighted by Crippen LogP contribution is -2.52. The highest BCUT2D eigenvalue weighted by Crippen LogP contribution is 2.38. The van der Waals surface area contributed by atoms with Gasteiger partial charge in [-0.2, -0.15) is 0 Å². The summed E-state index contributed by atoms with van der Waals surface area (Å²) >= 11 is 12.8. The molecular weight excluding hydrogens is 501 g/mol. The van der Waals surface area contributed by atoms with Gasteiger partial charge in [-0.1, -0.05) is 41.4 Å². The second-order valence-corrected chi connectivity index (χ2v) is 9.97. The number of piperazine rings is 1. The van der Waals surface area contributed by atoms with Crippen molar-refractivity contribution in [3.8, 4) is 5.75 Å².